The molecule has 0 aliphatic rings. The molecule has 0 unspecified atom stereocenters. The minimum atomic E-state index is -1.17. The molecular weight excluding hydrogens is 353 g/mol. The maximum absolute atomic E-state index is 10.1. The second kappa shape index (κ2) is 13.9. The van der Waals surface area contributed by atoms with E-state index < -0.39 is 11.9 Å². The smallest absolute Gasteiger partial charge is 0.550 e. The van der Waals surface area contributed by atoms with Gasteiger partial charge in [0.2, 0.25) is 0 Å². The molecule has 0 aromatic carbocycles. The summed E-state index contributed by atoms with van der Waals surface area (Å²) < 4.78 is 0. The quantitative estimate of drug-likeness (QED) is 0.494. The third kappa shape index (κ3) is 31.3. The zero-order valence-corrected chi connectivity index (χ0v) is 14.4. The van der Waals surface area contributed by atoms with Gasteiger partial charge < -0.3 is 29.4 Å². The van der Waals surface area contributed by atoms with Gasteiger partial charge in [-0.05, 0) is 26.7 Å². The first-order valence-corrected chi connectivity index (χ1v) is 4.64. The van der Waals surface area contributed by atoms with E-state index in [2.05, 4.69) is 0 Å². The molecule has 6 nitrogen and oxygen atoms in total. The zero-order chi connectivity index (χ0) is 13.1. The van der Waals surface area contributed by atoms with Crippen LogP contribution in [0.4, 0.5) is 0 Å². The Kier molecular flexibility index (Phi) is 18.1. The van der Waals surface area contributed by atoms with Gasteiger partial charge in [-0.2, -0.15) is 0 Å². The fraction of sp³-hybridized carbons (Fsp3) is 0.600. The van der Waals surface area contributed by atoms with Gasteiger partial charge in [-0.1, -0.05) is 0 Å². The molecule has 0 atom stereocenters. The van der Waals surface area contributed by atoms with Gasteiger partial charge in [0.05, 0.1) is 0 Å². The summed E-state index contributed by atoms with van der Waals surface area (Å²) in [6, 6.07) is 0. The summed E-state index contributed by atoms with van der Waals surface area (Å²) >= 11 is 0. The van der Waals surface area contributed by atoms with Crippen LogP contribution in [0.15, 0.2) is 0 Å². The number of hydrogen-bond donors (Lipinski definition) is 0. The fourth-order valence-corrected chi connectivity index (χ4v) is 0.556. The average molecular weight is 368 g/mol. The average Bonchev–Trinajstić information content (AvgIpc) is 2.12. The van der Waals surface area contributed by atoms with Crippen molar-refractivity contribution < 1.29 is 29.4 Å². The Balaban J connectivity index is -0.000000218. The maximum atomic E-state index is 10.1. The molecule has 0 saturated carbocycles. The molecule has 17 heavy (non-hydrogen) atoms. The molecule has 0 amide bonds. The largest absolute Gasteiger partial charge is 2.00 e. The van der Waals surface area contributed by atoms with E-state index in [1.165, 1.54) is 13.8 Å². The van der Waals surface area contributed by atoms with Gasteiger partial charge >= 0.3 is 48.9 Å². The van der Waals surface area contributed by atoms with Crippen molar-refractivity contribution in [3.05, 3.63) is 0 Å². The Bertz CT molecular complexity index is 218. The van der Waals surface area contributed by atoms with Crippen molar-refractivity contribution in [2.75, 3.05) is 0 Å². The summed E-state index contributed by atoms with van der Waals surface area (Å²) in [5.41, 5.74) is 0. The monoisotopic (exact) mass is 368 g/mol. The van der Waals surface area contributed by atoms with Crippen molar-refractivity contribution in [2.24, 2.45) is 0 Å². The third-order valence-electron chi connectivity index (χ3n) is 1.36. The summed E-state index contributed by atoms with van der Waals surface area (Å²) in [5, 5.41) is 19.3. The molecular formula is C10H14BaO6. The van der Waals surface area contributed by atoms with E-state index in [0.29, 0.717) is 0 Å². The second-order valence-electron chi connectivity index (χ2n) is 3.15. The number of carboxylic acids is 2. The van der Waals surface area contributed by atoms with Gasteiger partial charge in [0.1, 0.15) is 11.6 Å². The van der Waals surface area contributed by atoms with E-state index in [9.17, 15) is 29.4 Å². The molecule has 0 saturated heterocycles. The van der Waals surface area contributed by atoms with Crippen LogP contribution in [-0.4, -0.2) is 72.4 Å². The SMILES string of the molecule is CC(=O)CCC(=O)[O-].CC(=O)CCC(=O)[O-].[Ba+2]. The van der Waals surface area contributed by atoms with Crippen LogP contribution >= 0.6 is 0 Å². The van der Waals surface area contributed by atoms with Crippen LogP contribution in [0.5, 0.6) is 0 Å². The first-order valence-electron chi connectivity index (χ1n) is 4.64. The van der Waals surface area contributed by atoms with Crippen LogP contribution in [0.1, 0.15) is 39.5 Å². The minimum Gasteiger partial charge on any atom is -0.550 e. The fourth-order valence-electron chi connectivity index (χ4n) is 0.556. The number of carbonyl (C=O) groups excluding carboxylic acids is 4. The maximum Gasteiger partial charge on any atom is 2.00 e. The van der Waals surface area contributed by atoms with Gasteiger partial charge in [0, 0.05) is 24.8 Å². The first kappa shape index (κ1) is 22.1. The van der Waals surface area contributed by atoms with Crippen molar-refractivity contribution in [3.8, 4) is 0 Å². The zero-order valence-electron chi connectivity index (χ0n) is 9.99. The summed E-state index contributed by atoms with van der Waals surface area (Å²) in [6.07, 6.45) is -0.144. The third-order valence-corrected chi connectivity index (χ3v) is 1.36. The number of hydrogen-bond acceptors (Lipinski definition) is 6. The van der Waals surface area contributed by atoms with Gasteiger partial charge in [0.15, 0.2) is 0 Å². The molecule has 0 aromatic heterocycles. The minimum absolute atomic E-state index is 0. The van der Waals surface area contributed by atoms with Crippen LogP contribution in [0, 0.1) is 0 Å². The van der Waals surface area contributed by atoms with E-state index in [1.807, 2.05) is 0 Å². The molecule has 92 valence electrons. The van der Waals surface area contributed by atoms with Crippen molar-refractivity contribution in [1.29, 1.82) is 0 Å². The number of ketones is 2. The number of carboxylic acid groups (broad SMARTS) is 2. The Morgan fingerprint density at radius 3 is 1.00 bits per heavy atom. The molecule has 0 heterocycles. The van der Waals surface area contributed by atoms with Gasteiger partial charge in [-0.15, -0.1) is 0 Å². The van der Waals surface area contributed by atoms with Crippen molar-refractivity contribution in [2.45, 2.75) is 39.5 Å². The summed E-state index contributed by atoms with van der Waals surface area (Å²) in [4.78, 5) is 39.4. The van der Waals surface area contributed by atoms with E-state index >= 15 is 0 Å². The first-order chi connectivity index (χ1) is 7.25. The number of rotatable bonds is 6. The van der Waals surface area contributed by atoms with Crippen LogP contribution in [-0.2, 0) is 19.2 Å². The molecule has 7 heteroatoms. The van der Waals surface area contributed by atoms with E-state index in [0.717, 1.165) is 0 Å². The standard InChI is InChI=1S/2C5H8O3.Ba/c2*1-4(6)2-3-5(7)8;/h2*2-3H2,1H3,(H,7,8);/q;;+2/p-2. The van der Waals surface area contributed by atoms with Crippen molar-refractivity contribution in [1.82, 2.24) is 0 Å². The Hall–Kier alpha value is -0.149. The summed E-state index contributed by atoms with van der Waals surface area (Å²) in [5.74, 6) is -2.57. The van der Waals surface area contributed by atoms with Crippen molar-refractivity contribution >= 4 is 72.4 Å². The second-order valence-corrected chi connectivity index (χ2v) is 3.15. The Morgan fingerprint density at radius 2 is 0.941 bits per heavy atom. The van der Waals surface area contributed by atoms with Crippen LogP contribution < -0.4 is 10.2 Å². The van der Waals surface area contributed by atoms with E-state index in [4.69, 9.17) is 0 Å². The predicted octanol–water partition coefficient (Wildman–Crippen LogP) is -2.17. The molecule has 0 spiro atoms. The summed E-state index contributed by atoms with van der Waals surface area (Å²) in [6.45, 7) is 2.70. The molecule has 0 aliphatic carbocycles. The van der Waals surface area contributed by atoms with E-state index in [1.54, 1.807) is 0 Å². The molecule has 0 aromatic rings. The number of carbonyl (C=O) groups is 4. The van der Waals surface area contributed by atoms with Gasteiger partial charge in [-0.25, -0.2) is 0 Å². The van der Waals surface area contributed by atoms with Crippen LogP contribution in [0.2, 0.25) is 0 Å². The molecule has 0 aliphatic heterocycles. The molecule has 0 bridgehead atoms. The predicted molar refractivity (Wildman–Crippen MR) is 55.6 cm³/mol. The van der Waals surface area contributed by atoms with Gasteiger partial charge in [-0.3, -0.25) is 0 Å². The normalized spacial score (nSPS) is 8.12. The van der Waals surface area contributed by atoms with Crippen LogP contribution in [0.25, 0.3) is 0 Å². The topological polar surface area (TPSA) is 114 Å². The molecule has 0 fully saturated rings. The number of Topliss-reactive ketones (excluding diaryl/α,β-unsaturated/α-hetero) is 2. The Morgan fingerprint density at radius 1 is 0.706 bits per heavy atom. The summed E-state index contributed by atoms with van der Waals surface area (Å²) in [7, 11) is 0. The van der Waals surface area contributed by atoms with Gasteiger partial charge in [0.25, 0.3) is 0 Å². The van der Waals surface area contributed by atoms with Crippen molar-refractivity contribution in [3.63, 3.8) is 0 Å². The number of aliphatic carboxylic acids is 2. The Labute approximate surface area is 140 Å². The van der Waals surface area contributed by atoms with E-state index in [-0.39, 0.29) is 86.1 Å². The molecule has 0 rings (SSSR count). The molecule has 0 radical (unpaired) electrons. The molecule has 0 N–H and O–H groups in total. The van der Waals surface area contributed by atoms with Crippen LogP contribution in [0.3, 0.4) is 0 Å².